The summed E-state index contributed by atoms with van der Waals surface area (Å²) in [6, 6.07) is 7.03. The van der Waals surface area contributed by atoms with Crippen molar-refractivity contribution in [1.82, 2.24) is 16.0 Å². The number of hydrogen-bond donors (Lipinski definition) is 3. The molecule has 23 heavy (non-hydrogen) atoms. The molecule has 0 aliphatic carbocycles. The lowest BCUT2D eigenvalue weighted by Gasteiger charge is -2.28. The number of carbonyl (C=O) groups is 2. The highest BCUT2D eigenvalue weighted by Crippen LogP contribution is 2.10. The van der Waals surface area contributed by atoms with Crippen LogP contribution in [0.1, 0.15) is 42.6 Å². The van der Waals surface area contributed by atoms with Crippen LogP contribution in [-0.2, 0) is 4.79 Å². The van der Waals surface area contributed by atoms with Gasteiger partial charge in [0.15, 0.2) is 0 Å². The molecule has 5 nitrogen and oxygen atoms in total. The molecule has 1 fully saturated rings. The molecular formula is C18H27N3O2. The van der Waals surface area contributed by atoms with E-state index in [0.29, 0.717) is 5.56 Å². The summed E-state index contributed by atoms with van der Waals surface area (Å²) in [6.45, 7) is 7.59. The molecule has 1 heterocycles. The summed E-state index contributed by atoms with van der Waals surface area (Å²) in [4.78, 5) is 25.0. The quantitative estimate of drug-likeness (QED) is 0.773. The van der Waals surface area contributed by atoms with Crippen molar-refractivity contribution in [1.29, 1.82) is 0 Å². The standard InChI is InChI=1S/C18H27N3O2/c1-12(2)16(18(23)20-14-8-6-10-19-11-14)21-17(22)15-9-5-4-7-13(15)3/h4-5,7,9,12,14,16,19H,6,8,10-11H2,1-3H3,(H,20,23)(H,21,22). The van der Waals surface area contributed by atoms with E-state index in [0.717, 1.165) is 31.5 Å². The maximum Gasteiger partial charge on any atom is 0.252 e. The third-order valence-electron chi connectivity index (χ3n) is 4.27. The fraction of sp³-hybridized carbons (Fsp3) is 0.556. The molecule has 2 rings (SSSR count). The van der Waals surface area contributed by atoms with Crippen LogP contribution >= 0.6 is 0 Å². The number of benzene rings is 1. The maximum atomic E-state index is 12.6. The van der Waals surface area contributed by atoms with Gasteiger partial charge < -0.3 is 16.0 Å². The zero-order valence-corrected chi connectivity index (χ0v) is 14.2. The Morgan fingerprint density at radius 1 is 1.26 bits per heavy atom. The Kier molecular flexibility index (Phi) is 6.16. The van der Waals surface area contributed by atoms with Crippen LogP contribution in [0.5, 0.6) is 0 Å². The first kappa shape index (κ1) is 17.5. The first-order valence-electron chi connectivity index (χ1n) is 8.36. The van der Waals surface area contributed by atoms with Gasteiger partial charge in [0, 0.05) is 18.2 Å². The molecule has 1 aromatic rings. The second-order valence-electron chi connectivity index (χ2n) is 6.56. The van der Waals surface area contributed by atoms with Crippen LogP contribution in [0.15, 0.2) is 24.3 Å². The lowest BCUT2D eigenvalue weighted by Crippen LogP contribution is -2.54. The molecule has 1 aliphatic heterocycles. The van der Waals surface area contributed by atoms with E-state index in [1.54, 1.807) is 6.07 Å². The topological polar surface area (TPSA) is 70.2 Å². The van der Waals surface area contributed by atoms with E-state index in [2.05, 4.69) is 16.0 Å². The Morgan fingerprint density at radius 2 is 2.00 bits per heavy atom. The summed E-state index contributed by atoms with van der Waals surface area (Å²) < 4.78 is 0. The lowest BCUT2D eigenvalue weighted by atomic mass is 10.0. The summed E-state index contributed by atoms with van der Waals surface area (Å²) in [5.41, 5.74) is 1.52. The van der Waals surface area contributed by atoms with Crippen LogP contribution in [0, 0.1) is 12.8 Å². The Balaban J connectivity index is 2.01. The van der Waals surface area contributed by atoms with Crippen molar-refractivity contribution in [2.45, 2.75) is 45.7 Å². The lowest BCUT2D eigenvalue weighted by molar-refractivity contribution is -0.124. The van der Waals surface area contributed by atoms with Gasteiger partial charge in [0.2, 0.25) is 5.91 Å². The van der Waals surface area contributed by atoms with Gasteiger partial charge in [-0.05, 0) is 43.9 Å². The predicted octanol–water partition coefficient (Wildman–Crippen LogP) is 1.62. The SMILES string of the molecule is Cc1ccccc1C(=O)NC(C(=O)NC1CCCNC1)C(C)C. The molecule has 0 spiro atoms. The fourth-order valence-electron chi connectivity index (χ4n) is 2.85. The van der Waals surface area contributed by atoms with E-state index >= 15 is 0 Å². The molecule has 2 unspecified atom stereocenters. The molecule has 126 valence electrons. The molecule has 1 aliphatic rings. The number of carbonyl (C=O) groups excluding carboxylic acids is 2. The van der Waals surface area contributed by atoms with Gasteiger partial charge in [-0.2, -0.15) is 0 Å². The zero-order chi connectivity index (χ0) is 16.8. The highest BCUT2D eigenvalue weighted by molar-refractivity contribution is 5.98. The number of piperidine rings is 1. The number of rotatable bonds is 5. The van der Waals surface area contributed by atoms with Crippen LogP contribution < -0.4 is 16.0 Å². The third-order valence-corrected chi connectivity index (χ3v) is 4.27. The van der Waals surface area contributed by atoms with E-state index in [1.807, 2.05) is 39.0 Å². The van der Waals surface area contributed by atoms with Crippen molar-refractivity contribution in [3.8, 4) is 0 Å². The monoisotopic (exact) mass is 317 g/mol. The van der Waals surface area contributed by atoms with Gasteiger partial charge >= 0.3 is 0 Å². The highest BCUT2D eigenvalue weighted by Gasteiger charge is 2.27. The molecule has 5 heteroatoms. The largest absolute Gasteiger partial charge is 0.350 e. The van der Waals surface area contributed by atoms with Crippen LogP contribution in [0.3, 0.4) is 0 Å². The molecule has 2 atom stereocenters. The summed E-state index contributed by atoms with van der Waals surface area (Å²) in [5, 5.41) is 9.23. The van der Waals surface area contributed by atoms with E-state index in [-0.39, 0.29) is 23.8 Å². The van der Waals surface area contributed by atoms with Gasteiger partial charge in [0.05, 0.1) is 0 Å². The minimum absolute atomic E-state index is 0.0273. The Labute approximate surface area is 138 Å². The van der Waals surface area contributed by atoms with Gasteiger partial charge in [-0.15, -0.1) is 0 Å². The Hall–Kier alpha value is -1.88. The fourth-order valence-corrected chi connectivity index (χ4v) is 2.85. The third kappa shape index (κ3) is 4.79. The second-order valence-corrected chi connectivity index (χ2v) is 6.56. The highest BCUT2D eigenvalue weighted by atomic mass is 16.2. The molecule has 0 radical (unpaired) electrons. The van der Waals surface area contributed by atoms with Crippen LogP contribution in [0.2, 0.25) is 0 Å². The van der Waals surface area contributed by atoms with Crippen molar-refractivity contribution in [3.63, 3.8) is 0 Å². The first-order valence-corrected chi connectivity index (χ1v) is 8.36. The number of aryl methyl sites for hydroxylation is 1. The molecule has 0 saturated carbocycles. The first-order chi connectivity index (χ1) is 11.0. The summed E-state index contributed by atoms with van der Waals surface area (Å²) in [6.07, 6.45) is 2.04. The summed E-state index contributed by atoms with van der Waals surface area (Å²) in [7, 11) is 0. The van der Waals surface area contributed by atoms with Gasteiger partial charge in [0.1, 0.15) is 6.04 Å². The zero-order valence-electron chi connectivity index (χ0n) is 14.2. The minimum Gasteiger partial charge on any atom is -0.350 e. The maximum absolute atomic E-state index is 12.6. The van der Waals surface area contributed by atoms with Crippen LogP contribution in [-0.4, -0.2) is 37.0 Å². The molecular weight excluding hydrogens is 290 g/mol. The van der Waals surface area contributed by atoms with E-state index in [4.69, 9.17) is 0 Å². The molecule has 0 aromatic heterocycles. The van der Waals surface area contributed by atoms with E-state index < -0.39 is 6.04 Å². The predicted molar refractivity (Wildman–Crippen MR) is 91.3 cm³/mol. The molecule has 2 amide bonds. The Morgan fingerprint density at radius 3 is 2.61 bits per heavy atom. The number of amides is 2. The van der Waals surface area contributed by atoms with Crippen molar-refractivity contribution < 1.29 is 9.59 Å². The van der Waals surface area contributed by atoms with Crippen LogP contribution in [0.4, 0.5) is 0 Å². The normalized spacial score (nSPS) is 19.2. The summed E-state index contributed by atoms with van der Waals surface area (Å²) >= 11 is 0. The second kappa shape index (κ2) is 8.11. The van der Waals surface area contributed by atoms with Gasteiger partial charge in [-0.25, -0.2) is 0 Å². The average Bonchev–Trinajstić information content (AvgIpc) is 2.53. The Bertz CT molecular complexity index is 551. The van der Waals surface area contributed by atoms with Crippen molar-refractivity contribution in [3.05, 3.63) is 35.4 Å². The van der Waals surface area contributed by atoms with Crippen molar-refractivity contribution in [2.75, 3.05) is 13.1 Å². The van der Waals surface area contributed by atoms with E-state index in [9.17, 15) is 9.59 Å². The van der Waals surface area contributed by atoms with Gasteiger partial charge in [0.25, 0.3) is 5.91 Å². The average molecular weight is 317 g/mol. The minimum atomic E-state index is -0.524. The number of nitrogens with one attached hydrogen (secondary N) is 3. The van der Waals surface area contributed by atoms with Crippen LogP contribution in [0.25, 0.3) is 0 Å². The molecule has 1 aromatic carbocycles. The van der Waals surface area contributed by atoms with Gasteiger partial charge in [-0.1, -0.05) is 32.0 Å². The van der Waals surface area contributed by atoms with Crippen molar-refractivity contribution >= 4 is 11.8 Å². The molecule has 1 saturated heterocycles. The molecule has 3 N–H and O–H groups in total. The summed E-state index contributed by atoms with van der Waals surface area (Å²) in [5.74, 6) is -0.270. The van der Waals surface area contributed by atoms with E-state index in [1.165, 1.54) is 0 Å². The smallest absolute Gasteiger partial charge is 0.252 e. The van der Waals surface area contributed by atoms with Gasteiger partial charge in [-0.3, -0.25) is 9.59 Å². The van der Waals surface area contributed by atoms with Crippen molar-refractivity contribution in [2.24, 2.45) is 5.92 Å². The number of hydrogen-bond acceptors (Lipinski definition) is 3. The molecule has 0 bridgehead atoms.